The fraction of sp³-hybridized carbons (Fsp3) is 0.900. The second kappa shape index (κ2) is 2.84. The number of likely N-dealkylation sites (N-methyl/N-ethyl adjacent to an activating group) is 1. The van der Waals surface area contributed by atoms with Crippen molar-refractivity contribution in [2.45, 2.75) is 32.2 Å². The highest BCUT2D eigenvalue weighted by Gasteiger charge is 2.44. The molecule has 0 amide bonds. The van der Waals surface area contributed by atoms with E-state index in [0.717, 1.165) is 12.5 Å². The van der Waals surface area contributed by atoms with E-state index in [0.29, 0.717) is 11.7 Å². The van der Waals surface area contributed by atoms with Gasteiger partial charge in [0.15, 0.2) is 0 Å². The number of hydrogen-bond acceptors (Lipinski definition) is 2. The molecule has 1 heterocycles. The van der Waals surface area contributed by atoms with Crippen LogP contribution in [0.15, 0.2) is 0 Å². The van der Waals surface area contributed by atoms with Gasteiger partial charge in [-0.25, -0.2) is 0 Å². The normalized spacial score (nSPS) is 41.7. The first kappa shape index (κ1) is 8.24. The third kappa shape index (κ3) is 1.09. The van der Waals surface area contributed by atoms with Crippen molar-refractivity contribution in [1.82, 2.24) is 4.90 Å². The van der Waals surface area contributed by atoms with Crippen molar-refractivity contribution in [2.24, 2.45) is 11.8 Å². The maximum atomic E-state index is 11.4. The molecule has 1 saturated carbocycles. The molecular formula is C10H17NO. The zero-order chi connectivity index (χ0) is 8.72. The smallest absolute Gasteiger partial charge is 0.147 e. The van der Waals surface area contributed by atoms with Crippen LogP contribution in [-0.2, 0) is 4.79 Å². The third-order valence-corrected chi connectivity index (χ3v) is 3.54. The molecule has 2 rings (SSSR count). The summed E-state index contributed by atoms with van der Waals surface area (Å²) in [6.45, 7) is 2.89. The summed E-state index contributed by atoms with van der Waals surface area (Å²) in [6, 6.07) is 0.248. The Bertz CT molecular complexity index is 202. The van der Waals surface area contributed by atoms with Crippen molar-refractivity contribution in [3.05, 3.63) is 0 Å². The molecule has 1 saturated heterocycles. The molecule has 2 nitrogen and oxygen atoms in total. The van der Waals surface area contributed by atoms with Gasteiger partial charge < -0.3 is 0 Å². The van der Waals surface area contributed by atoms with Crippen LogP contribution in [0.25, 0.3) is 0 Å². The second-order valence-corrected chi connectivity index (χ2v) is 4.35. The number of Topliss-reactive ketones (excluding diaryl/α,β-unsaturated/α-hetero) is 1. The molecule has 0 aromatic heterocycles. The standard InChI is InChI=1S/C10H17NO/c1-7(12)10-9-5-3-4-8(9)6-11(10)2/h8-10H,3-6H2,1-2H3. The number of likely N-dealkylation sites (tertiary alicyclic amines) is 1. The third-order valence-electron chi connectivity index (χ3n) is 3.54. The van der Waals surface area contributed by atoms with Crippen LogP contribution in [0, 0.1) is 11.8 Å². The summed E-state index contributed by atoms with van der Waals surface area (Å²) in [5, 5.41) is 0. The maximum Gasteiger partial charge on any atom is 0.147 e. The van der Waals surface area contributed by atoms with Gasteiger partial charge >= 0.3 is 0 Å². The van der Waals surface area contributed by atoms with E-state index in [4.69, 9.17) is 0 Å². The van der Waals surface area contributed by atoms with Crippen molar-refractivity contribution in [3.8, 4) is 0 Å². The van der Waals surface area contributed by atoms with E-state index in [2.05, 4.69) is 11.9 Å². The van der Waals surface area contributed by atoms with Gasteiger partial charge in [0, 0.05) is 6.54 Å². The number of carbonyl (C=O) groups excluding carboxylic acids is 1. The van der Waals surface area contributed by atoms with Crippen LogP contribution >= 0.6 is 0 Å². The Morgan fingerprint density at radius 2 is 2.17 bits per heavy atom. The van der Waals surface area contributed by atoms with Gasteiger partial charge in [0.1, 0.15) is 5.78 Å². The largest absolute Gasteiger partial charge is 0.298 e. The molecule has 1 aliphatic carbocycles. The molecule has 2 aliphatic rings. The lowest BCUT2D eigenvalue weighted by atomic mass is 9.92. The second-order valence-electron chi connectivity index (χ2n) is 4.35. The monoisotopic (exact) mass is 167 g/mol. The van der Waals surface area contributed by atoms with Crippen molar-refractivity contribution in [3.63, 3.8) is 0 Å². The number of fused-ring (bicyclic) bond motifs is 1. The lowest BCUT2D eigenvalue weighted by Crippen LogP contribution is -2.35. The van der Waals surface area contributed by atoms with Crippen LogP contribution in [-0.4, -0.2) is 30.3 Å². The first-order valence-electron chi connectivity index (χ1n) is 4.91. The highest BCUT2D eigenvalue weighted by molar-refractivity contribution is 5.82. The molecule has 0 aromatic carbocycles. The molecule has 12 heavy (non-hydrogen) atoms. The molecule has 2 fully saturated rings. The zero-order valence-corrected chi connectivity index (χ0v) is 7.92. The zero-order valence-electron chi connectivity index (χ0n) is 7.92. The van der Waals surface area contributed by atoms with E-state index in [1.807, 2.05) is 0 Å². The SMILES string of the molecule is CC(=O)C1C2CCCC2CN1C. The summed E-state index contributed by atoms with van der Waals surface area (Å²) < 4.78 is 0. The summed E-state index contributed by atoms with van der Waals surface area (Å²) in [7, 11) is 2.09. The van der Waals surface area contributed by atoms with Crippen LogP contribution < -0.4 is 0 Å². The van der Waals surface area contributed by atoms with Gasteiger partial charge in [0.25, 0.3) is 0 Å². The average molecular weight is 167 g/mol. The van der Waals surface area contributed by atoms with Crippen molar-refractivity contribution in [2.75, 3.05) is 13.6 Å². The number of hydrogen-bond donors (Lipinski definition) is 0. The summed E-state index contributed by atoms with van der Waals surface area (Å²) in [4.78, 5) is 13.6. The first-order valence-corrected chi connectivity index (χ1v) is 4.91. The minimum atomic E-state index is 0.248. The molecule has 0 bridgehead atoms. The summed E-state index contributed by atoms with van der Waals surface area (Å²) in [5.41, 5.74) is 0. The Morgan fingerprint density at radius 3 is 2.83 bits per heavy atom. The van der Waals surface area contributed by atoms with Crippen LogP contribution in [0.4, 0.5) is 0 Å². The van der Waals surface area contributed by atoms with Crippen LogP contribution in [0.5, 0.6) is 0 Å². The summed E-state index contributed by atoms with van der Waals surface area (Å²) in [6.07, 6.45) is 3.96. The maximum absolute atomic E-state index is 11.4. The van der Waals surface area contributed by atoms with Gasteiger partial charge in [-0.15, -0.1) is 0 Å². The topological polar surface area (TPSA) is 20.3 Å². The number of ketones is 1. The number of nitrogens with zero attached hydrogens (tertiary/aromatic N) is 1. The predicted molar refractivity (Wildman–Crippen MR) is 47.9 cm³/mol. The molecule has 0 N–H and O–H groups in total. The van der Waals surface area contributed by atoms with Gasteiger partial charge in [-0.3, -0.25) is 9.69 Å². The van der Waals surface area contributed by atoms with Crippen LogP contribution in [0.2, 0.25) is 0 Å². The van der Waals surface area contributed by atoms with Gasteiger partial charge in [-0.1, -0.05) is 6.42 Å². The Labute approximate surface area is 73.9 Å². The van der Waals surface area contributed by atoms with Crippen molar-refractivity contribution >= 4 is 5.78 Å². The Morgan fingerprint density at radius 1 is 1.42 bits per heavy atom. The predicted octanol–water partition coefficient (Wildman–Crippen LogP) is 1.31. The van der Waals surface area contributed by atoms with Gasteiger partial charge in [-0.2, -0.15) is 0 Å². The molecule has 0 radical (unpaired) electrons. The molecule has 2 heteroatoms. The number of carbonyl (C=O) groups is 1. The average Bonchev–Trinajstić information content (AvgIpc) is 2.44. The van der Waals surface area contributed by atoms with Gasteiger partial charge in [0.05, 0.1) is 6.04 Å². The number of rotatable bonds is 1. The van der Waals surface area contributed by atoms with E-state index < -0.39 is 0 Å². The summed E-state index contributed by atoms with van der Waals surface area (Å²) >= 11 is 0. The molecule has 0 aromatic rings. The van der Waals surface area contributed by atoms with Gasteiger partial charge in [0.2, 0.25) is 0 Å². The van der Waals surface area contributed by atoms with E-state index in [1.165, 1.54) is 19.3 Å². The highest BCUT2D eigenvalue weighted by Crippen LogP contribution is 2.41. The van der Waals surface area contributed by atoms with Crippen molar-refractivity contribution < 1.29 is 4.79 Å². The van der Waals surface area contributed by atoms with Gasteiger partial charge in [-0.05, 0) is 38.6 Å². The van der Waals surface area contributed by atoms with Crippen LogP contribution in [0.3, 0.4) is 0 Å². The Kier molecular flexibility index (Phi) is 1.95. The fourth-order valence-electron chi connectivity index (χ4n) is 3.13. The first-order chi connectivity index (χ1) is 5.70. The van der Waals surface area contributed by atoms with E-state index in [1.54, 1.807) is 6.92 Å². The highest BCUT2D eigenvalue weighted by atomic mass is 16.1. The molecular weight excluding hydrogens is 150 g/mol. The summed E-state index contributed by atoms with van der Waals surface area (Å²) in [5.74, 6) is 1.88. The molecule has 68 valence electrons. The molecule has 1 aliphatic heterocycles. The minimum absolute atomic E-state index is 0.248. The van der Waals surface area contributed by atoms with E-state index >= 15 is 0 Å². The van der Waals surface area contributed by atoms with E-state index in [9.17, 15) is 4.79 Å². The lowest BCUT2D eigenvalue weighted by Gasteiger charge is -2.20. The minimum Gasteiger partial charge on any atom is -0.298 e. The molecule has 3 atom stereocenters. The Balaban J connectivity index is 2.15. The Hall–Kier alpha value is -0.370. The molecule has 3 unspecified atom stereocenters. The lowest BCUT2D eigenvalue weighted by molar-refractivity contribution is -0.121. The fourth-order valence-corrected chi connectivity index (χ4v) is 3.13. The quantitative estimate of drug-likeness (QED) is 0.587. The molecule has 0 spiro atoms. The van der Waals surface area contributed by atoms with E-state index in [-0.39, 0.29) is 6.04 Å². The van der Waals surface area contributed by atoms with Crippen LogP contribution in [0.1, 0.15) is 26.2 Å². The van der Waals surface area contributed by atoms with Crippen molar-refractivity contribution in [1.29, 1.82) is 0 Å².